The zero-order valence-electron chi connectivity index (χ0n) is 15.2. The summed E-state index contributed by atoms with van der Waals surface area (Å²) in [6.45, 7) is 8.11. The second kappa shape index (κ2) is 8.26. The molecule has 25 heavy (non-hydrogen) atoms. The van der Waals surface area contributed by atoms with Crippen LogP contribution in [0.2, 0.25) is 0 Å². The number of nitriles is 1. The van der Waals surface area contributed by atoms with Crippen LogP contribution in [0.3, 0.4) is 0 Å². The predicted octanol–water partition coefficient (Wildman–Crippen LogP) is 3.90. The highest BCUT2D eigenvalue weighted by Crippen LogP contribution is 2.29. The first kappa shape index (κ1) is 19.1. The quantitative estimate of drug-likeness (QED) is 0.775. The van der Waals surface area contributed by atoms with Gasteiger partial charge in [0.15, 0.2) is 0 Å². The Morgan fingerprint density at radius 3 is 2.84 bits per heavy atom. The van der Waals surface area contributed by atoms with Gasteiger partial charge in [0, 0.05) is 5.38 Å². The first-order valence-corrected chi connectivity index (χ1v) is 9.53. The summed E-state index contributed by atoms with van der Waals surface area (Å²) in [4.78, 5) is 12.5. The third-order valence-electron chi connectivity index (χ3n) is 4.65. The van der Waals surface area contributed by atoms with Crippen molar-refractivity contribution in [1.82, 2.24) is 20.3 Å². The molecule has 0 bridgehead atoms. The van der Waals surface area contributed by atoms with Crippen molar-refractivity contribution < 1.29 is 4.79 Å². The fraction of sp³-hybridized carbons (Fsp3) is 0.556. The van der Waals surface area contributed by atoms with Crippen molar-refractivity contribution in [3.05, 3.63) is 34.3 Å². The zero-order chi connectivity index (χ0) is 18.4. The normalized spacial score (nSPS) is 14.7. The smallest absolute Gasteiger partial charge is 0.252 e. The number of nitrogens with zero attached hydrogens (tertiary/aromatic N) is 4. The van der Waals surface area contributed by atoms with E-state index in [1.54, 1.807) is 16.9 Å². The van der Waals surface area contributed by atoms with E-state index in [9.17, 15) is 10.1 Å². The van der Waals surface area contributed by atoms with Crippen LogP contribution in [0, 0.1) is 17.2 Å². The van der Waals surface area contributed by atoms with Gasteiger partial charge in [0.05, 0.1) is 23.4 Å². The largest absolute Gasteiger partial charge is 0.341 e. The van der Waals surface area contributed by atoms with E-state index in [-0.39, 0.29) is 17.9 Å². The number of hydrogen-bond acceptors (Lipinski definition) is 5. The van der Waals surface area contributed by atoms with Gasteiger partial charge in [-0.2, -0.15) is 16.6 Å². The molecule has 2 atom stereocenters. The van der Waals surface area contributed by atoms with Crippen LogP contribution in [-0.4, -0.2) is 20.9 Å². The summed E-state index contributed by atoms with van der Waals surface area (Å²) < 4.78 is 1.61. The molecule has 7 heteroatoms. The van der Waals surface area contributed by atoms with E-state index in [0.29, 0.717) is 11.3 Å². The Labute approximate surface area is 152 Å². The Bertz CT molecular complexity index is 731. The lowest BCUT2D eigenvalue weighted by Gasteiger charge is -2.32. The Kier molecular flexibility index (Phi) is 6.32. The van der Waals surface area contributed by atoms with Gasteiger partial charge in [-0.25, -0.2) is 4.68 Å². The molecule has 2 rings (SSSR count). The van der Waals surface area contributed by atoms with Crippen LogP contribution in [0.5, 0.6) is 0 Å². The van der Waals surface area contributed by atoms with E-state index in [2.05, 4.69) is 28.6 Å². The van der Waals surface area contributed by atoms with Crippen LogP contribution in [0.1, 0.15) is 69.1 Å². The lowest BCUT2D eigenvalue weighted by atomic mass is 9.85. The molecule has 6 nitrogen and oxygen atoms in total. The molecule has 2 aromatic heterocycles. The fourth-order valence-electron chi connectivity index (χ4n) is 2.53. The molecule has 1 N–H and O–H groups in total. The van der Waals surface area contributed by atoms with Crippen molar-refractivity contribution >= 4 is 17.2 Å². The standard InChI is InChI=1S/C18H25N5OS/c1-5-6-7-15(10-19)23-11-16(21-22-23)18(4,13(2)3)20-17(24)14-8-9-25-12-14/h8-9,11-13,15H,5-7H2,1-4H3,(H,20,24)/t15-,18-/m0/s1. The lowest BCUT2D eigenvalue weighted by Crippen LogP contribution is -2.47. The second-order valence-corrected chi connectivity index (χ2v) is 7.47. The molecule has 0 aromatic carbocycles. The van der Waals surface area contributed by atoms with Crippen molar-refractivity contribution in [2.24, 2.45) is 5.92 Å². The van der Waals surface area contributed by atoms with Crippen molar-refractivity contribution in [1.29, 1.82) is 5.26 Å². The zero-order valence-corrected chi connectivity index (χ0v) is 16.0. The number of carbonyl (C=O) groups excluding carboxylic acids is 1. The van der Waals surface area contributed by atoms with E-state index in [0.717, 1.165) is 19.3 Å². The van der Waals surface area contributed by atoms with Crippen LogP contribution >= 0.6 is 11.3 Å². The van der Waals surface area contributed by atoms with Crippen LogP contribution in [0.15, 0.2) is 23.0 Å². The molecular weight excluding hydrogens is 334 g/mol. The molecule has 0 unspecified atom stereocenters. The van der Waals surface area contributed by atoms with Crippen molar-refractivity contribution in [2.75, 3.05) is 0 Å². The minimum atomic E-state index is -0.665. The molecule has 0 aliphatic heterocycles. The summed E-state index contributed by atoms with van der Waals surface area (Å²) in [6, 6.07) is 3.76. The second-order valence-electron chi connectivity index (χ2n) is 6.69. The Balaban J connectivity index is 2.25. The monoisotopic (exact) mass is 359 g/mol. The number of unbranched alkanes of at least 4 members (excludes halogenated alkanes) is 1. The van der Waals surface area contributed by atoms with Gasteiger partial charge >= 0.3 is 0 Å². The highest BCUT2D eigenvalue weighted by atomic mass is 32.1. The van der Waals surface area contributed by atoms with Crippen LogP contribution < -0.4 is 5.32 Å². The first-order chi connectivity index (χ1) is 11.9. The van der Waals surface area contributed by atoms with Gasteiger partial charge < -0.3 is 5.32 Å². The number of thiophene rings is 1. The number of aromatic nitrogens is 3. The highest BCUT2D eigenvalue weighted by molar-refractivity contribution is 7.08. The Morgan fingerprint density at radius 2 is 2.28 bits per heavy atom. The molecular formula is C18H25N5OS. The van der Waals surface area contributed by atoms with Gasteiger partial charge in [-0.1, -0.05) is 38.8 Å². The molecule has 0 aliphatic rings. The van der Waals surface area contributed by atoms with E-state index in [1.165, 1.54) is 11.3 Å². The summed E-state index contributed by atoms with van der Waals surface area (Å²) in [5.74, 6) is -0.0220. The summed E-state index contributed by atoms with van der Waals surface area (Å²) in [6.07, 6.45) is 4.52. The third kappa shape index (κ3) is 4.26. The van der Waals surface area contributed by atoms with Crippen LogP contribution in [-0.2, 0) is 5.54 Å². The molecule has 0 saturated carbocycles. The van der Waals surface area contributed by atoms with Gasteiger partial charge in [0.1, 0.15) is 11.7 Å². The Hall–Kier alpha value is -2.20. The molecule has 2 heterocycles. The van der Waals surface area contributed by atoms with Gasteiger partial charge in [-0.15, -0.1) is 5.10 Å². The topological polar surface area (TPSA) is 83.6 Å². The predicted molar refractivity (Wildman–Crippen MR) is 98.2 cm³/mol. The fourth-order valence-corrected chi connectivity index (χ4v) is 3.16. The lowest BCUT2D eigenvalue weighted by molar-refractivity contribution is 0.0873. The molecule has 2 aromatic rings. The number of nitrogens with one attached hydrogen (secondary N) is 1. The maximum absolute atomic E-state index is 12.5. The molecule has 0 saturated heterocycles. The molecule has 0 spiro atoms. The van der Waals surface area contributed by atoms with E-state index in [1.807, 2.05) is 31.5 Å². The van der Waals surface area contributed by atoms with Gasteiger partial charge in [0.2, 0.25) is 0 Å². The summed E-state index contributed by atoms with van der Waals surface area (Å²) in [5, 5.41) is 24.6. The summed E-state index contributed by atoms with van der Waals surface area (Å²) in [5.41, 5.74) is 0.645. The molecule has 0 fully saturated rings. The maximum Gasteiger partial charge on any atom is 0.252 e. The molecule has 134 valence electrons. The Morgan fingerprint density at radius 1 is 1.52 bits per heavy atom. The van der Waals surface area contributed by atoms with Gasteiger partial charge in [-0.3, -0.25) is 4.79 Å². The summed E-state index contributed by atoms with van der Waals surface area (Å²) in [7, 11) is 0. The molecule has 1 amide bonds. The average molecular weight is 359 g/mol. The van der Waals surface area contributed by atoms with Gasteiger partial charge in [-0.05, 0) is 30.7 Å². The first-order valence-electron chi connectivity index (χ1n) is 8.59. The van der Waals surface area contributed by atoms with E-state index in [4.69, 9.17) is 0 Å². The van der Waals surface area contributed by atoms with Crippen molar-refractivity contribution in [3.63, 3.8) is 0 Å². The average Bonchev–Trinajstić information content (AvgIpc) is 3.27. The molecule has 0 aliphatic carbocycles. The number of amides is 1. The maximum atomic E-state index is 12.5. The number of carbonyl (C=O) groups is 1. The van der Waals surface area contributed by atoms with E-state index >= 15 is 0 Å². The summed E-state index contributed by atoms with van der Waals surface area (Å²) >= 11 is 1.49. The highest BCUT2D eigenvalue weighted by Gasteiger charge is 2.36. The van der Waals surface area contributed by atoms with Crippen LogP contribution in [0.4, 0.5) is 0 Å². The minimum absolute atomic E-state index is 0.108. The van der Waals surface area contributed by atoms with E-state index < -0.39 is 5.54 Å². The minimum Gasteiger partial charge on any atom is -0.341 e. The number of hydrogen-bond donors (Lipinski definition) is 1. The van der Waals surface area contributed by atoms with Crippen molar-refractivity contribution in [2.45, 2.75) is 58.5 Å². The third-order valence-corrected chi connectivity index (χ3v) is 5.34. The van der Waals surface area contributed by atoms with Crippen LogP contribution in [0.25, 0.3) is 0 Å². The molecule has 0 radical (unpaired) electrons. The number of rotatable bonds is 8. The SMILES string of the molecule is CCCC[C@@H](C#N)n1cc([C@@](C)(NC(=O)c2ccsc2)C(C)C)nn1. The van der Waals surface area contributed by atoms with Crippen molar-refractivity contribution in [3.8, 4) is 6.07 Å². The van der Waals surface area contributed by atoms with Gasteiger partial charge in [0.25, 0.3) is 5.91 Å².